The molecule has 0 aliphatic rings. The van der Waals surface area contributed by atoms with Gasteiger partial charge in [0.2, 0.25) is 21.8 Å². The van der Waals surface area contributed by atoms with Crippen LogP contribution in [0, 0.1) is 6.92 Å². The molecule has 2 amide bonds. The molecule has 1 N–H and O–H groups in total. The van der Waals surface area contributed by atoms with Crippen molar-refractivity contribution in [2.75, 3.05) is 23.7 Å². The van der Waals surface area contributed by atoms with Crippen LogP contribution in [0.4, 0.5) is 18.9 Å². The summed E-state index contributed by atoms with van der Waals surface area (Å²) in [7, 11) is -4.25. The summed E-state index contributed by atoms with van der Waals surface area (Å²) in [6.45, 7) is 3.34. The molecule has 0 radical (unpaired) electrons. The molecule has 0 fully saturated rings. The Balaban J connectivity index is 2.09. The van der Waals surface area contributed by atoms with Crippen molar-refractivity contribution in [1.82, 2.24) is 10.2 Å². The van der Waals surface area contributed by atoms with Gasteiger partial charge in [0.25, 0.3) is 0 Å². The number of carbonyl (C=O) groups excluding carboxylic acids is 2. The predicted molar refractivity (Wildman–Crippen MR) is 162 cm³/mol. The van der Waals surface area contributed by atoms with Crippen molar-refractivity contribution in [3.8, 4) is 0 Å². The average Bonchev–Trinajstić information content (AvgIpc) is 2.94. The van der Waals surface area contributed by atoms with E-state index in [1.807, 2.05) is 44.2 Å². The molecule has 0 aliphatic carbocycles. The van der Waals surface area contributed by atoms with Crippen LogP contribution in [-0.4, -0.2) is 50.5 Å². The number of rotatable bonds is 13. The first-order chi connectivity index (χ1) is 20.2. The van der Waals surface area contributed by atoms with Crippen LogP contribution in [0.5, 0.6) is 0 Å². The first-order valence-corrected chi connectivity index (χ1v) is 15.9. The molecule has 0 aromatic heterocycles. The van der Waals surface area contributed by atoms with E-state index in [0.717, 1.165) is 47.9 Å². The Morgan fingerprint density at radius 2 is 1.65 bits per heavy atom. The number of amides is 2. The summed E-state index contributed by atoms with van der Waals surface area (Å²) in [4.78, 5) is 29.0. The topological polar surface area (TPSA) is 86.8 Å². The molecule has 3 aromatic carbocycles. The van der Waals surface area contributed by atoms with Crippen molar-refractivity contribution < 1.29 is 31.2 Å². The Morgan fingerprint density at radius 1 is 1.00 bits per heavy atom. The molecule has 12 heteroatoms. The second kappa shape index (κ2) is 14.7. The van der Waals surface area contributed by atoms with Gasteiger partial charge in [-0.3, -0.25) is 13.9 Å². The minimum absolute atomic E-state index is 0.0315. The number of aryl methyl sites for hydroxylation is 1. The van der Waals surface area contributed by atoms with Gasteiger partial charge in [0.1, 0.15) is 12.6 Å². The first-order valence-electron chi connectivity index (χ1n) is 13.7. The van der Waals surface area contributed by atoms with Crippen LogP contribution < -0.4 is 9.62 Å². The highest BCUT2D eigenvalue weighted by Gasteiger charge is 2.36. The van der Waals surface area contributed by atoms with Crippen LogP contribution in [0.2, 0.25) is 5.02 Å². The highest BCUT2D eigenvalue weighted by Crippen LogP contribution is 2.37. The van der Waals surface area contributed by atoms with Crippen molar-refractivity contribution >= 4 is 39.1 Å². The van der Waals surface area contributed by atoms with Crippen molar-refractivity contribution in [2.45, 2.75) is 51.9 Å². The Kier molecular flexibility index (Phi) is 11.6. The van der Waals surface area contributed by atoms with Crippen molar-refractivity contribution in [1.29, 1.82) is 0 Å². The van der Waals surface area contributed by atoms with E-state index < -0.39 is 51.2 Å². The van der Waals surface area contributed by atoms with Gasteiger partial charge in [0.15, 0.2) is 0 Å². The Bertz CT molecular complexity index is 1520. The van der Waals surface area contributed by atoms with E-state index >= 15 is 0 Å². The maximum absolute atomic E-state index is 14.1. The lowest BCUT2D eigenvalue weighted by Gasteiger charge is -2.34. The fourth-order valence-electron chi connectivity index (χ4n) is 4.53. The molecule has 0 unspecified atom stereocenters. The van der Waals surface area contributed by atoms with E-state index in [-0.39, 0.29) is 18.7 Å². The molecule has 0 spiro atoms. The van der Waals surface area contributed by atoms with Crippen LogP contribution >= 0.6 is 11.6 Å². The van der Waals surface area contributed by atoms with Crippen LogP contribution in [-0.2, 0) is 38.8 Å². The van der Waals surface area contributed by atoms with E-state index in [1.54, 1.807) is 24.3 Å². The number of nitrogens with zero attached hydrogens (tertiary/aromatic N) is 2. The zero-order valence-corrected chi connectivity index (χ0v) is 25.8. The van der Waals surface area contributed by atoms with Crippen LogP contribution in [0.1, 0.15) is 42.0 Å². The lowest BCUT2D eigenvalue weighted by molar-refractivity contribution is -0.140. The number of carbonyl (C=O) groups is 2. The number of hydrogen-bond acceptors (Lipinski definition) is 4. The molecular formula is C31H35ClF3N3O4S. The minimum atomic E-state index is -4.85. The molecule has 1 atom stereocenters. The number of benzene rings is 3. The molecule has 0 saturated heterocycles. The second-order valence-corrected chi connectivity index (χ2v) is 12.5. The number of nitrogens with one attached hydrogen (secondary N) is 1. The number of unbranched alkanes of at least 4 members (excludes halogenated alkanes) is 1. The molecule has 3 aromatic rings. The van der Waals surface area contributed by atoms with Crippen molar-refractivity contribution in [3.63, 3.8) is 0 Å². The molecule has 0 heterocycles. The van der Waals surface area contributed by atoms with Gasteiger partial charge in [0, 0.05) is 19.5 Å². The van der Waals surface area contributed by atoms with E-state index in [2.05, 4.69) is 5.32 Å². The van der Waals surface area contributed by atoms with Gasteiger partial charge in [0.05, 0.1) is 22.5 Å². The molecule has 0 saturated carbocycles. The first kappa shape index (κ1) is 33.9. The molecule has 0 bridgehead atoms. The van der Waals surface area contributed by atoms with Gasteiger partial charge in [-0.15, -0.1) is 0 Å². The SMILES string of the molecule is CCCCNC(=O)[C@@H](Cc1ccccc1)N(Cc1ccccc1C)C(=O)CN(c1ccc(Cl)c(C(F)(F)F)c1)S(C)(=O)=O. The molecular weight excluding hydrogens is 603 g/mol. The zero-order valence-electron chi connectivity index (χ0n) is 24.2. The molecule has 7 nitrogen and oxygen atoms in total. The Hall–Kier alpha value is -3.57. The molecule has 232 valence electrons. The van der Waals surface area contributed by atoms with Gasteiger partial charge in [-0.1, -0.05) is 79.5 Å². The molecule has 43 heavy (non-hydrogen) atoms. The van der Waals surface area contributed by atoms with Crippen LogP contribution in [0.3, 0.4) is 0 Å². The number of sulfonamides is 1. The van der Waals surface area contributed by atoms with E-state index in [4.69, 9.17) is 11.6 Å². The minimum Gasteiger partial charge on any atom is -0.354 e. The lowest BCUT2D eigenvalue weighted by Crippen LogP contribution is -2.53. The van der Waals surface area contributed by atoms with Crippen molar-refractivity contribution in [2.24, 2.45) is 0 Å². The Labute approximate surface area is 255 Å². The third-order valence-electron chi connectivity index (χ3n) is 6.93. The third-order valence-corrected chi connectivity index (χ3v) is 8.40. The summed E-state index contributed by atoms with van der Waals surface area (Å²) in [5, 5.41) is 2.27. The maximum atomic E-state index is 14.1. The van der Waals surface area contributed by atoms with Crippen molar-refractivity contribution in [3.05, 3.63) is 100 Å². The predicted octanol–water partition coefficient (Wildman–Crippen LogP) is 5.99. The summed E-state index contributed by atoms with van der Waals surface area (Å²) in [5.41, 5.74) is 0.732. The summed E-state index contributed by atoms with van der Waals surface area (Å²) in [6.07, 6.45) is -2.37. The fraction of sp³-hybridized carbons (Fsp3) is 0.355. The second-order valence-electron chi connectivity index (χ2n) is 10.2. The molecule has 0 aliphatic heterocycles. The van der Waals surface area contributed by atoms with Gasteiger partial charge in [-0.05, 0) is 48.2 Å². The van der Waals surface area contributed by atoms with Crippen LogP contribution in [0.25, 0.3) is 0 Å². The monoisotopic (exact) mass is 637 g/mol. The highest BCUT2D eigenvalue weighted by atomic mass is 35.5. The van der Waals surface area contributed by atoms with Gasteiger partial charge in [-0.2, -0.15) is 13.2 Å². The van der Waals surface area contributed by atoms with Crippen LogP contribution in [0.15, 0.2) is 72.8 Å². The zero-order chi connectivity index (χ0) is 31.8. The lowest BCUT2D eigenvalue weighted by atomic mass is 10.0. The fourth-order valence-corrected chi connectivity index (χ4v) is 5.60. The third kappa shape index (κ3) is 9.46. The number of halogens is 4. The number of alkyl halides is 3. The van der Waals surface area contributed by atoms with Gasteiger partial charge >= 0.3 is 6.18 Å². The van der Waals surface area contributed by atoms with E-state index in [9.17, 15) is 31.2 Å². The summed E-state index contributed by atoms with van der Waals surface area (Å²) < 4.78 is 67.2. The molecule has 3 rings (SSSR count). The van der Waals surface area contributed by atoms with Gasteiger partial charge < -0.3 is 10.2 Å². The number of anilines is 1. The summed E-state index contributed by atoms with van der Waals surface area (Å²) in [5.74, 6) is -1.18. The summed E-state index contributed by atoms with van der Waals surface area (Å²) >= 11 is 5.76. The normalized spacial score (nSPS) is 12.4. The van der Waals surface area contributed by atoms with Gasteiger partial charge in [-0.25, -0.2) is 8.42 Å². The standard InChI is InChI=1S/C31H35ClF3N3O4S/c1-4-5-17-36-30(40)28(18-23-12-7-6-8-13-23)37(20-24-14-10-9-11-22(24)2)29(39)21-38(43(3,41)42)25-15-16-27(32)26(19-25)31(33,34)35/h6-16,19,28H,4-5,17-18,20-21H2,1-3H3,(H,36,40)/t28-/m1/s1. The smallest absolute Gasteiger partial charge is 0.354 e. The van der Waals surface area contributed by atoms with E-state index in [0.29, 0.717) is 16.9 Å². The van der Waals surface area contributed by atoms with E-state index in [1.165, 1.54) is 4.90 Å². The largest absolute Gasteiger partial charge is 0.417 e. The highest BCUT2D eigenvalue weighted by molar-refractivity contribution is 7.92. The number of hydrogen-bond donors (Lipinski definition) is 1. The maximum Gasteiger partial charge on any atom is 0.417 e. The average molecular weight is 638 g/mol. The quantitative estimate of drug-likeness (QED) is 0.233. The summed E-state index contributed by atoms with van der Waals surface area (Å²) in [6, 6.07) is 17.9. The Morgan fingerprint density at radius 3 is 2.26 bits per heavy atom.